The van der Waals surface area contributed by atoms with E-state index < -0.39 is 47.2 Å². The SMILES string of the molecule is C=CC(=O)N1CC[C@H](C(=O)N(C)[C@H](C(=O)N[C@H]2Cc3cc(O)cc(c3)-c3ccc4c(c3)c(c(-c3c(CCOC)cccc3OC)n4CC)CC(C)(C)COC(=O)[C@@H]3CCCN(N3)C2=O)C(C)C)C1.S.S.S.S. The number of hydrazine groups is 1. The number of hydrogen-bond donors (Lipinski definition) is 3. The zero-order chi connectivity index (χ0) is 49.0. The van der Waals surface area contributed by atoms with Crippen LogP contribution in [0.4, 0.5) is 0 Å². The number of ether oxygens (including phenoxy) is 3. The Morgan fingerprint density at radius 2 is 1.75 bits per heavy atom. The van der Waals surface area contributed by atoms with Crippen LogP contribution in [-0.4, -0.2) is 126 Å². The molecule has 2 saturated heterocycles. The quantitative estimate of drug-likeness (QED) is 0.105. The highest BCUT2D eigenvalue weighted by molar-refractivity contribution is 7.59. The molecule has 2 fully saturated rings. The molecule has 4 aromatic rings. The number of nitrogens with one attached hydrogen (secondary N) is 2. The van der Waals surface area contributed by atoms with E-state index in [2.05, 4.69) is 60.9 Å². The molecule has 0 aliphatic carbocycles. The first-order valence-electron chi connectivity index (χ1n) is 23.8. The van der Waals surface area contributed by atoms with Crippen molar-refractivity contribution in [1.29, 1.82) is 0 Å². The van der Waals surface area contributed by atoms with Gasteiger partial charge in [-0.2, -0.15) is 54.0 Å². The molecular formula is C53H76N6O9S4. The maximum Gasteiger partial charge on any atom is 0.324 e. The van der Waals surface area contributed by atoms with Crippen LogP contribution in [0.3, 0.4) is 0 Å². The molecule has 19 heteroatoms. The first-order valence-corrected chi connectivity index (χ1v) is 23.8. The zero-order valence-corrected chi connectivity index (χ0v) is 46.9. The highest BCUT2D eigenvalue weighted by Crippen LogP contribution is 2.44. The van der Waals surface area contributed by atoms with Crippen molar-refractivity contribution in [2.45, 2.75) is 97.8 Å². The number of benzene rings is 3. The number of amides is 4. The molecule has 3 aliphatic heterocycles. The van der Waals surface area contributed by atoms with Crippen LogP contribution in [-0.2, 0) is 59.3 Å². The molecule has 15 nitrogen and oxygen atoms in total. The second-order valence-corrected chi connectivity index (χ2v) is 19.6. The summed E-state index contributed by atoms with van der Waals surface area (Å²) in [6, 6.07) is 14.6. The third-order valence-electron chi connectivity index (χ3n) is 13.7. The molecule has 0 saturated carbocycles. The summed E-state index contributed by atoms with van der Waals surface area (Å²) in [4.78, 5) is 72.5. The number of phenols is 1. The molecule has 4 heterocycles. The maximum atomic E-state index is 14.7. The average molecular weight is 1070 g/mol. The van der Waals surface area contributed by atoms with E-state index in [9.17, 15) is 29.1 Å². The predicted octanol–water partition coefficient (Wildman–Crippen LogP) is 6.52. The Balaban J connectivity index is 0.00000342. The van der Waals surface area contributed by atoms with Crippen molar-refractivity contribution < 1.29 is 43.3 Å². The number of rotatable bonds is 12. The molecule has 6 bridgehead atoms. The fourth-order valence-corrected chi connectivity index (χ4v) is 10.3. The summed E-state index contributed by atoms with van der Waals surface area (Å²) in [6.07, 6.45) is 3.80. The number of aryl methyl sites for hydroxylation is 1. The van der Waals surface area contributed by atoms with Crippen molar-refractivity contribution in [2.24, 2.45) is 17.3 Å². The molecular weight excluding hydrogens is 993 g/mol. The van der Waals surface area contributed by atoms with Gasteiger partial charge in [0.25, 0.3) is 5.91 Å². The smallest absolute Gasteiger partial charge is 0.324 e. The summed E-state index contributed by atoms with van der Waals surface area (Å²) in [5, 5.41) is 16.8. The van der Waals surface area contributed by atoms with Gasteiger partial charge in [-0.1, -0.05) is 58.5 Å². The van der Waals surface area contributed by atoms with Crippen LogP contribution in [0.25, 0.3) is 33.3 Å². The zero-order valence-electron chi connectivity index (χ0n) is 42.9. The van der Waals surface area contributed by atoms with Crippen LogP contribution in [0.5, 0.6) is 11.5 Å². The summed E-state index contributed by atoms with van der Waals surface area (Å²) < 4.78 is 20.1. The summed E-state index contributed by atoms with van der Waals surface area (Å²) in [5.74, 6) is -2.14. The number of carbonyl (C=O) groups is 5. The molecule has 4 atom stereocenters. The number of methoxy groups -OCH3 is 2. The lowest BCUT2D eigenvalue weighted by Gasteiger charge is -2.37. The summed E-state index contributed by atoms with van der Waals surface area (Å²) in [6.45, 7) is 15.7. The lowest BCUT2D eigenvalue weighted by Crippen LogP contribution is -2.62. The molecule has 3 aromatic carbocycles. The van der Waals surface area contributed by atoms with Crippen LogP contribution in [0, 0.1) is 17.3 Å². The summed E-state index contributed by atoms with van der Waals surface area (Å²) in [5.41, 5.74) is 9.81. The third-order valence-corrected chi connectivity index (χ3v) is 13.7. The lowest BCUT2D eigenvalue weighted by atomic mass is 9.83. The van der Waals surface area contributed by atoms with Crippen molar-refractivity contribution in [3.05, 3.63) is 83.9 Å². The third kappa shape index (κ3) is 13.3. The first-order chi connectivity index (χ1) is 32.5. The van der Waals surface area contributed by atoms with Crippen molar-refractivity contribution in [1.82, 2.24) is 30.1 Å². The number of esters is 1. The van der Waals surface area contributed by atoms with E-state index >= 15 is 0 Å². The number of fused-ring (bicyclic) bond motifs is 6. The van der Waals surface area contributed by atoms with Gasteiger partial charge >= 0.3 is 5.97 Å². The standard InChI is InChI=1S/C53H68N6O9.4H2S/c1-10-45(61)57-22-19-36(30-57)50(63)56(7)47(32(3)4)49(62)54-42-26-33-24-37(27-38(60)25-33)35-17-18-43-39(28-35)40(29-53(5,6)31-68-52(65)41-15-13-21-59(55-41)51(42)64)48(58(43)11-2)46-34(20-23-66-8)14-12-16-44(46)67-9;;;;/h10,12,14,16-18,24-25,27-28,32,36,41-42,47,55,60H,1,11,13,15,19-23,26,29-31H2,2-9H3,(H,54,62);4*1H2/t36-,41-,42-,47-;;;;/m0..../s1. The second kappa shape index (κ2) is 26.4. The molecule has 1 aromatic heterocycles. The molecule has 0 spiro atoms. The second-order valence-electron chi connectivity index (χ2n) is 19.6. The van der Waals surface area contributed by atoms with Gasteiger partial charge in [0.15, 0.2) is 0 Å². The van der Waals surface area contributed by atoms with Crippen LogP contribution >= 0.6 is 54.0 Å². The van der Waals surface area contributed by atoms with E-state index in [-0.39, 0.29) is 104 Å². The van der Waals surface area contributed by atoms with E-state index in [1.165, 1.54) is 16.0 Å². The number of nitrogens with zero attached hydrogens (tertiary/aromatic N) is 4. The van der Waals surface area contributed by atoms with Gasteiger partial charge in [0.1, 0.15) is 29.6 Å². The Hall–Kier alpha value is -4.79. The van der Waals surface area contributed by atoms with Gasteiger partial charge in [0, 0.05) is 68.6 Å². The Labute approximate surface area is 452 Å². The van der Waals surface area contributed by atoms with Gasteiger partial charge in [0.05, 0.1) is 31.9 Å². The monoisotopic (exact) mass is 1070 g/mol. The minimum absolute atomic E-state index is 0. The summed E-state index contributed by atoms with van der Waals surface area (Å²) in [7, 11) is 4.95. The Kier molecular flexibility index (Phi) is 22.6. The Morgan fingerprint density at radius 3 is 2.42 bits per heavy atom. The molecule has 3 aliphatic rings. The van der Waals surface area contributed by atoms with Gasteiger partial charge in [-0.05, 0) is 109 Å². The first kappa shape index (κ1) is 61.5. The number of carbonyl (C=O) groups excluding carboxylic acids is 5. The Bertz CT molecular complexity index is 2590. The van der Waals surface area contributed by atoms with E-state index in [1.54, 1.807) is 38.3 Å². The van der Waals surface area contributed by atoms with Crippen molar-refractivity contribution in [3.63, 3.8) is 0 Å². The van der Waals surface area contributed by atoms with Gasteiger partial charge in [-0.15, -0.1) is 0 Å². The molecule has 3 N–H and O–H groups in total. The number of phenolic OH excluding ortho intramolecular Hbond substituents is 1. The van der Waals surface area contributed by atoms with Gasteiger partial charge in [-0.3, -0.25) is 29.0 Å². The highest BCUT2D eigenvalue weighted by Gasteiger charge is 2.40. The molecule has 4 amide bonds. The van der Waals surface area contributed by atoms with Crippen LogP contribution in [0.1, 0.15) is 70.6 Å². The van der Waals surface area contributed by atoms with E-state index in [0.29, 0.717) is 62.9 Å². The summed E-state index contributed by atoms with van der Waals surface area (Å²) >= 11 is 0. The van der Waals surface area contributed by atoms with Crippen LogP contribution in [0.2, 0.25) is 0 Å². The van der Waals surface area contributed by atoms with Gasteiger partial charge in [0.2, 0.25) is 17.7 Å². The largest absolute Gasteiger partial charge is 0.508 e. The average Bonchev–Trinajstić information content (AvgIpc) is 3.93. The minimum atomic E-state index is -1.17. The molecule has 0 radical (unpaired) electrons. The molecule has 72 heavy (non-hydrogen) atoms. The van der Waals surface area contributed by atoms with E-state index in [0.717, 1.165) is 44.6 Å². The van der Waals surface area contributed by atoms with E-state index in [1.807, 2.05) is 38.1 Å². The van der Waals surface area contributed by atoms with Crippen molar-refractivity contribution in [3.8, 4) is 33.9 Å². The molecule has 0 unspecified atom stereocenters. The fourth-order valence-electron chi connectivity index (χ4n) is 10.3. The van der Waals surface area contributed by atoms with Crippen molar-refractivity contribution >= 4 is 94.5 Å². The van der Waals surface area contributed by atoms with Gasteiger partial charge < -0.3 is 39.0 Å². The van der Waals surface area contributed by atoms with Crippen LogP contribution < -0.4 is 15.5 Å². The number of aromatic nitrogens is 1. The normalized spacial score (nSPS) is 19.0. The maximum absolute atomic E-state index is 14.7. The number of likely N-dealkylation sites (N-methyl/N-ethyl adjacent to an activating group) is 1. The number of cyclic esters (lactones) is 1. The van der Waals surface area contributed by atoms with Crippen LogP contribution in [0.15, 0.2) is 67.3 Å². The molecule has 7 rings (SSSR count). The molecule has 396 valence electrons. The van der Waals surface area contributed by atoms with Crippen molar-refractivity contribution in [2.75, 3.05) is 54.1 Å². The topological polar surface area (TPSA) is 172 Å². The highest BCUT2D eigenvalue weighted by atomic mass is 32.1. The fraction of sp³-hybridized carbons (Fsp3) is 0.491. The Morgan fingerprint density at radius 1 is 1.01 bits per heavy atom. The van der Waals surface area contributed by atoms with Gasteiger partial charge in [-0.25, -0.2) is 5.43 Å². The predicted molar refractivity (Wildman–Crippen MR) is 302 cm³/mol. The minimum Gasteiger partial charge on any atom is -0.508 e. The number of hydrogen-bond acceptors (Lipinski definition) is 10. The number of aromatic hydroxyl groups is 1. The lowest BCUT2D eigenvalue weighted by molar-refractivity contribution is -0.155. The number of likely N-dealkylation sites (tertiary alicyclic amines) is 1. The van der Waals surface area contributed by atoms with E-state index in [4.69, 9.17) is 14.2 Å².